The molecule has 0 aromatic heterocycles. The second kappa shape index (κ2) is 6.79. The van der Waals surface area contributed by atoms with Crippen LogP contribution in [0, 0.1) is 11.8 Å². The lowest BCUT2D eigenvalue weighted by Gasteiger charge is -2.07. The number of aliphatic hydroxyl groups excluding tert-OH is 1. The first-order valence-electron chi connectivity index (χ1n) is 5.00. The maximum absolute atomic E-state index is 11.3. The van der Waals surface area contributed by atoms with Crippen molar-refractivity contribution in [1.82, 2.24) is 0 Å². The van der Waals surface area contributed by atoms with Crippen LogP contribution < -0.4 is 5.32 Å². The van der Waals surface area contributed by atoms with Crippen LogP contribution in [0.4, 0.5) is 10.5 Å². The van der Waals surface area contributed by atoms with E-state index < -0.39 is 6.09 Å². The summed E-state index contributed by atoms with van der Waals surface area (Å²) in [4.78, 5) is 11.3. The average molecular weight is 254 g/mol. The monoisotopic (exact) mass is 253 g/mol. The van der Waals surface area contributed by atoms with Gasteiger partial charge < -0.3 is 9.84 Å². The molecular weight excluding hydrogens is 242 g/mol. The van der Waals surface area contributed by atoms with E-state index in [1.165, 1.54) is 0 Å². The predicted molar refractivity (Wildman–Crippen MR) is 66.1 cm³/mol. The highest BCUT2D eigenvalue weighted by Gasteiger charge is 2.06. The van der Waals surface area contributed by atoms with Gasteiger partial charge in [-0.3, -0.25) is 5.32 Å². The molecule has 0 saturated carbocycles. The van der Waals surface area contributed by atoms with Crippen LogP contribution in [-0.4, -0.2) is 24.4 Å². The van der Waals surface area contributed by atoms with Crippen molar-refractivity contribution in [2.24, 2.45) is 0 Å². The van der Waals surface area contributed by atoms with E-state index in [4.69, 9.17) is 21.4 Å². The van der Waals surface area contributed by atoms with Crippen molar-refractivity contribution < 1.29 is 14.6 Å². The number of rotatable bonds is 2. The van der Waals surface area contributed by atoms with E-state index in [-0.39, 0.29) is 13.2 Å². The van der Waals surface area contributed by atoms with Crippen molar-refractivity contribution in [2.45, 2.75) is 6.92 Å². The van der Waals surface area contributed by atoms with E-state index in [0.717, 1.165) is 0 Å². The fourth-order valence-electron chi connectivity index (χ4n) is 1.14. The van der Waals surface area contributed by atoms with Gasteiger partial charge in [0.05, 0.1) is 12.3 Å². The molecule has 1 rings (SSSR count). The van der Waals surface area contributed by atoms with E-state index >= 15 is 0 Å². The quantitative estimate of drug-likeness (QED) is 0.795. The molecule has 0 heterocycles. The van der Waals surface area contributed by atoms with Crippen molar-refractivity contribution in [3.8, 4) is 11.8 Å². The Morgan fingerprint density at radius 2 is 2.35 bits per heavy atom. The van der Waals surface area contributed by atoms with Crippen molar-refractivity contribution in [3.63, 3.8) is 0 Å². The zero-order valence-electron chi connectivity index (χ0n) is 9.29. The highest BCUT2D eigenvalue weighted by molar-refractivity contribution is 6.31. The molecule has 0 fully saturated rings. The normalized spacial score (nSPS) is 9.12. The zero-order valence-corrected chi connectivity index (χ0v) is 10.0. The first-order chi connectivity index (χ1) is 8.17. The van der Waals surface area contributed by atoms with Crippen molar-refractivity contribution in [3.05, 3.63) is 28.8 Å². The molecule has 1 aromatic rings. The summed E-state index contributed by atoms with van der Waals surface area (Å²) in [5.74, 6) is 5.21. The van der Waals surface area contributed by atoms with Gasteiger partial charge in [-0.1, -0.05) is 23.4 Å². The van der Waals surface area contributed by atoms with Gasteiger partial charge in [-0.25, -0.2) is 4.79 Å². The third kappa shape index (κ3) is 4.35. The minimum Gasteiger partial charge on any atom is -0.450 e. The molecular formula is C12H12ClNO3. The summed E-state index contributed by atoms with van der Waals surface area (Å²) >= 11 is 5.82. The van der Waals surface area contributed by atoms with Gasteiger partial charge >= 0.3 is 6.09 Å². The third-order valence-electron chi connectivity index (χ3n) is 1.80. The number of aliphatic hydroxyl groups is 1. The van der Waals surface area contributed by atoms with Crippen LogP contribution >= 0.6 is 11.6 Å². The van der Waals surface area contributed by atoms with Crippen LogP contribution in [0.15, 0.2) is 18.2 Å². The van der Waals surface area contributed by atoms with E-state index in [9.17, 15) is 4.79 Å². The Bertz CT molecular complexity index is 463. The van der Waals surface area contributed by atoms with Gasteiger partial charge in [0, 0.05) is 10.6 Å². The van der Waals surface area contributed by atoms with Gasteiger partial charge in [-0.05, 0) is 25.1 Å². The molecule has 0 unspecified atom stereocenters. The number of halogens is 1. The summed E-state index contributed by atoms with van der Waals surface area (Å²) in [6.45, 7) is 1.75. The molecule has 1 amide bonds. The second-order valence-electron chi connectivity index (χ2n) is 3.00. The van der Waals surface area contributed by atoms with E-state index in [1.807, 2.05) is 0 Å². The van der Waals surface area contributed by atoms with Crippen molar-refractivity contribution in [2.75, 3.05) is 18.5 Å². The average Bonchev–Trinajstić information content (AvgIpc) is 2.28. The Hall–Kier alpha value is -1.70. The molecule has 0 bridgehead atoms. The van der Waals surface area contributed by atoms with Crippen LogP contribution in [-0.2, 0) is 4.74 Å². The Morgan fingerprint density at radius 3 is 3.00 bits per heavy atom. The third-order valence-corrected chi connectivity index (χ3v) is 2.03. The Kier molecular flexibility index (Phi) is 5.34. The van der Waals surface area contributed by atoms with Crippen molar-refractivity contribution in [1.29, 1.82) is 0 Å². The van der Waals surface area contributed by atoms with Crippen LogP contribution in [0.2, 0.25) is 5.02 Å². The number of benzene rings is 1. The predicted octanol–water partition coefficient (Wildman–Crippen LogP) is 2.25. The van der Waals surface area contributed by atoms with Crippen LogP contribution in [0.5, 0.6) is 0 Å². The first-order valence-corrected chi connectivity index (χ1v) is 5.38. The molecule has 2 N–H and O–H groups in total. The summed E-state index contributed by atoms with van der Waals surface area (Å²) in [5.41, 5.74) is 1.02. The van der Waals surface area contributed by atoms with Gasteiger partial charge in [0.15, 0.2) is 0 Å². The molecule has 90 valence electrons. The lowest BCUT2D eigenvalue weighted by Crippen LogP contribution is -2.14. The maximum atomic E-state index is 11.3. The number of amides is 1. The lowest BCUT2D eigenvalue weighted by molar-refractivity contribution is 0.168. The van der Waals surface area contributed by atoms with E-state index in [0.29, 0.717) is 16.3 Å². The van der Waals surface area contributed by atoms with Gasteiger partial charge in [-0.2, -0.15) is 0 Å². The number of hydrogen-bond acceptors (Lipinski definition) is 3. The molecule has 17 heavy (non-hydrogen) atoms. The fraction of sp³-hybridized carbons (Fsp3) is 0.250. The van der Waals surface area contributed by atoms with Crippen LogP contribution in [0.25, 0.3) is 0 Å². The summed E-state index contributed by atoms with van der Waals surface area (Å²) < 4.78 is 4.75. The van der Waals surface area contributed by atoms with Crippen LogP contribution in [0.1, 0.15) is 12.5 Å². The topological polar surface area (TPSA) is 58.6 Å². The van der Waals surface area contributed by atoms with E-state index in [2.05, 4.69) is 17.2 Å². The summed E-state index contributed by atoms with van der Waals surface area (Å²) in [6, 6.07) is 4.88. The molecule has 0 aliphatic rings. The van der Waals surface area contributed by atoms with Gasteiger partial charge in [0.25, 0.3) is 0 Å². The standard InChI is InChI=1S/C12H12ClNO3/c1-2-17-12(16)14-11-8-10(13)6-5-9(11)4-3-7-15/h5-6,8,15H,2,7H2,1H3,(H,14,16). The first kappa shape index (κ1) is 13.4. The number of hydrogen-bond donors (Lipinski definition) is 2. The highest BCUT2D eigenvalue weighted by atomic mass is 35.5. The Balaban J connectivity index is 2.94. The lowest BCUT2D eigenvalue weighted by atomic mass is 10.2. The summed E-state index contributed by atoms with van der Waals surface area (Å²) in [7, 11) is 0. The largest absolute Gasteiger partial charge is 0.450 e. The highest BCUT2D eigenvalue weighted by Crippen LogP contribution is 2.20. The fourth-order valence-corrected chi connectivity index (χ4v) is 1.31. The smallest absolute Gasteiger partial charge is 0.411 e. The number of carbonyl (C=O) groups excluding carboxylic acids is 1. The number of ether oxygens (including phenoxy) is 1. The number of carbonyl (C=O) groups is 1. The molecule has 0 radical (unpaired) electrons. The molecule has 0 aliphatic heterocycles. The van der Waals surface area contributed by atoms with Gasteiger partial charge in [0.2, 0.25) is 0 Å². The van der Waals surface area contributed by atoms with Gasteiger partial charge in [0.1, 0.15) is 6.61 Å². The van der Waals surface area contributed by atoms with E-state index in [1.54, 1.807) is 25.1 Å². The molecule has 0 atom stereocenters. The molecule has 5 heteroatoms. The van der Waals surface area contributed by atoms with Crippen LogP contribution in [0.3, 0.4) is 0 Å². The minimum atomic E-state index is -0.568. The number of nitrogens with one attached hydrogen (secondary N) is 1. The Morgan fingerprint density at radius 1 is 1.59 bits per heavy atom. The molecule has 4 nitrogen and oxygen atoms in total. The summed E-state index contributed by atoms with van der Waals surface area (Å²) in [6.07, 6.45) is -0.568. The summed E-state index contributed by atoms with van der Waals surface area (Å²) in [5, 5.41) is 11.6. The van der Waals surface area contributed by atoms with Gasteiger partial charge in [-0.15, -0.1) is 0 Å². The Labute approximate surface area is 105 Å². The second-order valence-corrected chi connectivity index (χ2v) is 3.43. The molecule has 0 spiro atoms. The molecule has 0 aliphatic carbocycles. The molecule has 0 saturated heterocycles. The molecule has 1 aromatic carbocycles. The minimum absolute atomic E-state index is 0.249. The number of anilines is 1. The SMILES string of the molecule is CCOC(=O)Nc1cc(Cl)ccc1C#CCO. The van der Waals surface area contributed by atoms with Crippen molar-refractivity contribution >= 4 is 23.4 Å². The maximum Gasteiger partial charge on any atom is 0.411 e. The zero-order chi connectivity index (χ0) is 12.7.